The summed E-state index contributed by atoms with van der Waals surface area (Å²) in [6.45, 7) is 4.68. The zero-order chi connectivity index (χ0) is 22.0. The van der Waals surface area contributed by atoms with Crippen molar-refractivity contribution in [2.45, 2.75) is 57.6 Å². The molecule has 2 aliphatic rings. The smallest absolute Gasteiger partial charge is 0.232 e. The van der Waals surface area contributed by atoms with Crippen LogP contribution in [0.3, 0.4) is 0 Å². The zero-order valence-corrected chi connectivity index (χ0v) is 18.0. The molecule has 1 unspecified atom stereocenters. The average Bonchev–Trinajstić information content (AvgIpc) is 3.07. The number of fused-ring (bicyclic) bond motifs is 1. The predicted molar refractivity (Wildman–Crippen MR) is 122 cm³/mol. The van der Waals surface area contributed by atoms with Crippen LogP contribution < -0.4 is 16.0 Å². The molecule has 1 amide bonds. The molecule has 7 nitrogen and oxygen atoms in total. The van der Waals surface area contributed by atoms with E-state index in [1.807, 2.05) is 24.3 Å². The zero-order valence-electron chi connectivity index (χ0n) is 18.0. The van der Waals surface area contributed by atoms with Crippen molar-refractivity contribution >= 4 is 23.4 Å². The maximum absolute atomic E-state index is 12.3. The molecule has 162 valence electrons. The molecule has 1 fully saturated rings. The fourth-order valence-electron chi connectivity index (χ4n) is 4.49. The van der Waals surface area contributed by atoms with Crippen molar-refractivity contribution in [2.24, 2.45) is 5.41 Å². The van der Waals surface area contributed by atoms with E-state index < -0.39 is 0 Å². The number of hydrogen-bond donors (Lipinski definition) is 4. The van der Waals surface area contributed by atoms with Gasteiger partial charge in [-0.1, -0.05) is 38.0 Å². The van der Waals surface area contributed by atoms with Crippen molar-refractivity contribution < 1.29 is 9.90 Å². The number of benzene rings is 1. The maximum atomic E-state index is 12.3. The summed E-state index contributed by atoms with van der Waals surface area (Å²) in [5.41, 5.74) is 2.21. The van der Waals surface area contributed by atoms with Gasteiger partial charge in [-0.15, -0.1) is 6.42 Å². The van der Waals surface area contributed by atoms with Crippen LogP contribution in [0.2, 0.25) is 0 Å². The van der Waals surface area contributed by atoms with Gasteiger partial charge in [0.05, 0.1) is 23.8 Å². The van der Waals surface area contributed by atoms with Gasteiger partial charge in [0, 0.05) is 23.7 Å². The summed E-state index contributed by atoms with van der Waals surface area (Å²) in [4.78, 5) is 21.2. The van der Waals surface area contributed by atoms with Crippen LogP contribution in [-0.4, -0.2) is 39.7 Å². The van der Waals surface area contributed by atoms with Gasteiger partial charge in [0.2, 0.25) is 11.9 Å². The normalized spacial score (nSPS) is 24.1. The minimum atomic E-state index is -0.368. The van der Waals surface area contributed by atoms with Crippen LogP contribution in [0.4, 0.5) is 17.5 Å². The van der Waals surface area contributed by atoms with E-state index >= 15 is 0 Å². The number of carbonyl (C=O) groups is 1. The number of hydrogen-bond acceptors (Lipinski definition) is 6. The van der Waals surface area contributed by atoms with Crippen LogP contribution in [0.25, 0.3) is 0 Å². The lowest BCUT2D eigenvalue weighted by Gasteiger charge is -2.43. The highest BCUT2D eigenvalue weighted by Gasteiger charge is 2.39. The summed E-state index contributed by atoms with van der Waals surface area (Å²) in [6, 6.07) is 7.83. The maximum Gasteiger partial charge on any atom is 0.232 e. The summed E-state index contributed by atoms with van der Waals surface area (Å²) in [7, 11) is 0. The third-order valence-electron chi connectivity index (χ3n) is 6.61. The molecule has 1 aromatic carbocycles. The molecule has 1 aliphatic heterocycles. The van der Waals surface area contributed by atoms with Gasteiger partial charge in [-0.25, -0.2) is 4.98 Å². The average molecular weight is 420 g/mol. The first-order valence-electron chi connectivity index (χ1n) is 10.8. The van der Waals surface area contributed by atoms with E-state index in [-0.39, 0.29) is 29.4 Å². The van der Waals surface area contributed by atoms with Crippen LogP contribution in [0.1, 0.15) is 56.6 Å². The second kappa shape index (κ2) is 8.56. The molecule has 4 rings (SSSR count). The molecule has 0 radical (unpaired) electrons. The molecule has 2 aromatic rings. The fourth-order valence-corrected chi connectivity index (χ4v) is 4.49. The minimum Gasteiger partial charge on any atom is -0.392 e. The number of aliphatic hydroxyl groups excluding tert-OH is 1. The van der Waals surface area contributed by atoms with Gasteiger partial charge in [-0.2, -0.15) is 4.98 Å². The number of aliphatic hydroxyl groups is 1. The first-order chi connectivity index (χ1) is 14.9. The lowest BCUT2D eigenvalue weighted by molar-refractivity contribution is -0.117. The van der Waals surface area contributed by atoms with Gasteiger partial charge in [0.1, 0.15) is 5.82 Å². The number of terminal acetylenes is 1. The van der Waals surface area contributed by atoms with E-state index in [0.29, 0.717) is 30.3 Å². The SMILES string of the molecule is C#Cc1cnc(NCCC2C(=O)Nc3ccccc32)nc1N[C@H]1CCC[C@@H](O)C1(C)C. The highest BCUT2D eigenvalue weighted by molar-refractivity contribution is 6.02. The Morgan fingerprint density at radius 2 is 2.13 bits per heavy atom. The first kappa shape index (κ1) is 21.1. The highest BCUT2D eigenvalue weighted by Crippen LogP contribution is 2.38. The van der Waals surface area contributed by atoms with Gasteiger partial charge >= 0.3 is 0 Å². The molecule has 4 N–H and O–H groups in total. The van der Waals surface area contributed by atoms with E-state index in [1.54, 1.807) is 6.20 Å². The number of rotatable bonds is 6. The topological polar surface area (TPSA) is 99.2 Å². The number of anilines is 3. The Morgan fingerprint density at radius 3 is 2.94 bits per heavy atom. The van der Waals surface area contributed by atoms with E-state index in [0.717, 1.165) is 30.5 Å². The molecular weight excluding hydrogens is 390 g/mol. The van der Waals surface area contributed by atoms with Gasteiger partial charge < -0.3 is 21.1 Å². The molecule has 31 heavy (non-hydrogen) atoms. The first-order valence-corrected chi connectivity index (χ1v) is 10.8. The number of amides is 1. The Hall–Kier alpha value is -3.11. The van der Waals surface area contributed by atoms with E-state index in [4.69, 9.17) is 6.42 Å². The van der Waals surface area contributed by atoms with Gasteiger partial charge in [0.15, 0.2) is 0 Å². The summed E-state index contributed by atoms with van der Waals surface area (Å²) < 4.78 is 0. The third kappa shape index (κ3) is 4.21. The minimum absolute atomic E-state index is 0.0204. The quantitative estimate of drug-likeness (QED) is 0.536. The number of carbonyl (C=O) groups excluding carboxylic acids is 1. The summed E-state index contributed by atoms with van der Waals surface area (Å²) in [5.74, 6) is 3.53. The van der Waals surface area contributed by atoms with Crippen molar-refractivity contribution in [1.29, 1.82) is 0 Å². The van der Waals surface area contributed by atoms with Gasteiger partial charge in [-0.05, 0) is 37.3 Å². The monoisotopic (exact) mass is 419 g/mol. The van der Waals surface area contributed by atoms with Crippen molar-refractivity contribution in [3.8, 4) is 12.3 Å². The number of para-hydroxylation sites is 1. The Labute approximate surface area is 183 Å². The van der Waals surface area contributed by atoms with Crippen molar-refractivity contribution in [1.82, 2.24) is 9.97 Å². The fraction of sp³-hybridized carbons (Fsp3) is 0.458. The summed E-state index contributed by atoms with van der Waals surface area (Å²) in [5, 5.41) is 20.0. The molecule has 0 saturated heterocycles. The van der Waals surface area contributed by atoms with Crippen LogP contribution in [0.15, 0.2) is 30.5 Å². The van der Waals surface area contributed by atoms with Crippen LogP contribution in [0.5, 0.6) is 0 Å². The predicted octanol–water partition coefficient (Wildman–Crippen LogP) is 3.35. The lowest BCUT2D eigenvalue weighted by atomic mass is 9.71. The van der Waals surface area contributed by atoms with Gasteiger partial charge in [-0.3, -0.25) is 4.79 Å². The Bertz CT molecular complexity index is 1010. The Morgan fingerprint density at radius 1 is 1.32 bits per heavy atom. The van der Waals surface area contributed by atoms with E-state index in [9.17, 15) is 9.90 Å². The van der Waals surface area contributed by atoms with Gasteiger partial charge in [0.25, 0.3) is 0 Å². The molecule has 1 saturated carbocycles. The molecule has 0 spiro atoms. The molecule has 3 atom stereocenters. The third-order valence-corrected chi connectivity index (χ3v) is 6.61. The van der Waals surface area contributed by atoms with Crippen LogP contribution >= 0.6 is 0 Å². The Kier molecular flexibility index (Phi) is 5.84. The molecule has 1 aliphatic carbocycles. The Balaban J connectivity index is 1.43. The highest BCUT2D eigenvalue weighted by atomic mass is 16.3. The molecular formula is C24H29N5O2. The number of nitrogens with zero attached hydrogens (tertiary/aromatic N) is 2. The van der Waals surface area contributed by atoms with Crippen molar-refractivity contribution in [2.75, 3.05) is 22.5 Å². The molecule has 2 heterocycles. The number of nitrogens with one attached hydrogen (secondary N) is 3. The van der Waals surface area contributed by atoms with Crippen molar-refractivity contribution in [3.63, 3.8) is 0 Å². The second-order valence-corrected chi connectivity index (χ2v) is 8.91. The van der Waals surface area contributed by atoms with Crippen LogP contribution in [0, 0.1) is 17.8 Å². The second-order valence-electron chi connectivity index (χ2n) is 8.91. The van der Waals surface area contributed by atoms with E-state index in [2.05, 4.69) is 45.7 Å². The molecule has 1 aromatic heterocycles. The summed E-state index contributed by atoms with van der Waals surface area (Å²) >= 11 is 0. The molecule has 0 bridgehead atoms. The lowest BCUT2D eigenvalue weighted by Crippen LogP contribution is -2.48. The molecule has 7 heteroatoms. The largest absolute Gasteiger partial charge is 0.392 e. The van der Waals surface area contributed by atoms with E-state index in [1.165, 1.54) is 0 Å². The van der Waals surface area contributed by atoms with Crippen LogP contribution in [-0.2, 0) is 4.79 Å². The van der Waals surface area contributed by atoms with Crippen molar-refractivity contribution in [3.05, 3.63) is 41.6 Å². The summed E-state index contributed by atoms with van der Waals surface area (Å²) in [6.07, 6.45) is 10.3. The number of aromatic nitrogens is 2. The standard InChI is InChI=1S/C24H29N5O2/c1-4-15-14-26-23(29-21(15)28-19-10-7-11-20(30)24(19,2)3)25-13-12-17-16-8-5-6-9-18(16)27-22(17)31/h1,5-6,8-9,14,17,19-20,30H,7,10-13H2,2-3H3,(H,27,31)(H2,25,26,28,29)/t17?,19-,20+/m0/s1.